The highest BCUT2D eigenvalue weighted by Crippen LogP contribution is 2.24. The van der Waals surface area contributed by atoms with E-state index in [0.29, 0.717) is 12.8 Å². The van der Waals surface area contributed by atoms with Crippen molar-refractivity contribution >= 4 is 0 Å². The Labute approximate surface area is 78.0 Å². The van der Waals surface area contributed by atoms with Gasteiger partial charge in [-0.3, -0.25) is 0 Å². The fourth-order valence-electron chi connectivity index (χ4n) is 1.81. The summed E-state index contributed by atoms with van der Waals surface area (Å²) in [6.07, 6.45) is 0.638. The Morgan fingerprint density at radius 2 is 2.00 bits per heavy atom. The second kappa shape index (κ2) is 3.88. The molecule has 0 bridgehead atoms. The first-order valence-corrected chi connectivity index (χ1v) is 4.78. The van der Waals surface area contributed by atoms with Crippen molar-refractivity contribution in [3.63, 3.8) is 0 Å². The molecule has 1 aliphatic rings. The smallest absolute Gasteiger partial charge is 0.103 e. The third-order valence-corrected chi connectivity index (χ3v) is 2.54. The van der Waals surface area contributed by atoms with E-state index >= 15 is 0 Å². The van der Waals surface area contributed by atoms with Gasteiger partial charge in [-0.15, -0.1) is 0 Å². The van der Waals surface area contributed by atoms with Gasteiger partial charge in [0.1, 0.15) is 6.17 Å². The summed E-state index contributed by atoms with van der Waals surface area (Å²) in [7, 11) is 0. The summed E-state index contributed by atoms with van der Waals surface area (Å²) in [6.45, 7) is 0.792. The lowest BCUT2D eigenvalue weighted by Crippen LogP contribution is -2.32. The molecule has 1 aliphatic heterocycles. The van der Waals surface area contributed by atoms with Gasteiger partial charge in [-0.05, 0) is 24.9 Å². The number of hydrogen-bond acceptors (Lipinski definition) is 1. The van der Waals surface area contributed by atoms with Gasteiger partial charge in [0.15, 0.2) is 0 Å². The van der Waals surface area contributed by atoms with Crippen molar-refractivity contribution in [3.05, 3.63) is 35.9 Å². The lowest BCUT2D eigenvalue weighted by molar-refractivity contribution is 0.224. The predicted molar refractivity (Wildman–Crippen MR) is 51.3 cm³/mol. The quantitative estimate of drug-likeness (QED) is 0.698. The molecular formula is C11H14FN. The molecule has 2 atom stereocenters. The van der Waals surface area contributed by atoms with Gasteiger partial charge in [0, 0.05) is 6.04 Å². The molecular weight excluding hydrogens is 165 g/mol. The number of halogens is 1. The van der Waals surface area contributed by atoms with Crippen molar-refractivity contribution in [2.45, 2.75) is 25.1 Å². The molecule has 1 aromatic rings. The standard InChI is InChI=1S/C11H14FN/c12-10-6-7-13-11(8-10)9-4-2-1-3-5-9/h1-5,10-11,13H,6-8H2/t10?,11-/m0/s1. The van der Waals surface area contributed by atoms with Crippen LogP contribution >= 0.6 is 0 Å². The van der Waals surface area contributed by atoms with Crippen LogP contribution in [0, 0.1) is 0 Å². The third kappa shape index (κ3) is 2.07. The molecule has 0 radical (unpaired) electrons. The van der Waals surface area contributed by atoms with Crippen LogP contribution in [0.2, 0.25) is 0 Å². The number of alkyl halides is 1. The first-order chi connectivity index (χ1) is 6.36. The minimum Gasteiger partial charge on any atom is -0.310 e. The van der Waals surface area contributed by atoms with Crippen LogP contribution in [0.5, 0.6) is 0 Å². The highest BCUT2D eigenvalue weighted by Gasteiger charge is 2.21. The maximum Gasteiger partial charge on any atom is 0.103 e. The van der Waals surface area contributed by atoms with Crippen LogP contribution in [0.25, 0.3) is 0 Å². The number of rotatable bonds is 1. The third-order valence-electron chi connectivity index (χ3n) is 2.54. The van der Waals surface area contributed by atoms with Gasteiger partial charge >= 0.3 is 0 Å². The van der Waals surface area contributed by atoms with Crippen LogP contribution < -0.4 is 5.32 Å². The molecule has 1 heterocycles. The van der Waals surface area contributed by atoms with Crippen molar-refractivity contribution in [2.24, 2.45) is 0 Å². The average molecular weight is 179 g/mol. The van der Waals surface area contributed by atoms with E-state index in [1.165, 1.54) is 5.56 Å². The van der Waals surface area contributed by atoms with E-state index < -0.39 is 6.17 Å². The first-order valence-electron chi connectivity index (χ1n) is 4.78. The summed E-state index contributed by atoms with van der Waals surface area (Å²) in [5, 5.41) is 3.33. The molecule has 0 aromatic heterocycles. The highest BCUT2D eigenvalue weighted by atomic mass is 19.1. The largest absolute Gasteiger partial charge is 0.310 e. The summed E-state index contributed by atoms with van der Waals surface area (Å²) in [5.41, 5.74) is 1.20. The van der Waals surface area contributed by atoms with Gasteiger partial charge in [-0.1, -0.05) is 30.3 Å². The van der Waals surface area contributed by atoms with Gasteiger partial charge in [-0.2, -0.15) is 0 Å². The number of hydrogen-bond donors (Lipinski definition) is 1. The highest BCUT2D eigenvalue weighted by molar-refractivity contribution is 5.19. The molecule has 2 heteroatoms. The summed E-state index contributed by atoms with van der Waals surface area (Å²) in [5.74, 6) is 0. The zero-order valence-corrected chi connectivity index (χ0v) is 7.54. The van der Waals surface area contributed by atoms with Crippen LogP contribution in [-0.4, -0.2) is 12.7 Å². The molecule has 0 spiro atoms. The lowest BCUT2D eigenvalue weighted by Gasteiger charge is -2.26. The predicted octanol–water partition coefficient (Wildman–Crippen LogP) is 2.45. The van der Waals surface area contributed by atoms with E-state index in [1.807, 2.05) is 18.2 Å². The Hall–Kier alpha value is -0.890. The molecule has 1 unspecified atom stereocenters. The van der Waals surface area contributed by atoms with Crippen molar-refractivity contribution < 1.29 is 4.39 Å². The second-order valence-electron chi connectivity index (χ2n) is 3.54. The molecule has 0 amide bonds. The maximum atomic E-state index is 13.1. The van der Waals surface area contributed by atoms with E-state index in [1.54, 1.807) is 0 Å². The van der Waals surface area contributed by atoms with E-state index in [9.17, 15) is 4.39 Å². The summed E-state index contributed by atoms with van der Waals surface area (Å²) < 4.78 is 13.1. The fourth-order valence-corrected chi connectivity index (χ4v) is 1.81. The maximum absolute atomic E-state index is 13.1. The molecule has 0 aliphatic carbocycles. The minimum atomic E-state index is -0.633. The molecule has 70 valence electrons. The van der Waals surface area contributed by atoms with Crippen LogP contribution in [0.1, 0.15) is 24.4 Å². The molecule has 1 aromatic carbocycles. The monoisotopic (exact) mass is 179 g/mol. The Morgan fingerprint density at radius 3 is 2.69 bits per heavy atom. The lowest BCUT2D eigenvalue weighted by atomic mass is 9.96. The summed E-state index contributed by atoms with van der Waals surface area (Å²) in [6, 6.07) is 10.3. The Morgan fingerprint density at radius 1 is 1.23 bits per heavy atom. The minimum absolute atomic E-state index is 0.213. The molecule has 1 N–H and O–H groups in total. The van der Waals surface area contributed by atoms with Crippen LogP contribution in [0.3, 0.4) is 0 Å². The average Bonchev–Trinajstić information content (AvgIpc) is 2.19. The van der Waals surface area contributed by atoms with Crippen LogP contribution in [0.4, 0.5) is 4.39 Å². The Kier molecular flexibility index (Phi) is 2.60. The Bertz CT molecular complexity index is 260. The molecule has 13 heavy (non-hydrogen) atoms. The van der Waals surface area contributed by atoms with Crippen molar-refractivity contribution in [3.8, 4) is 0 Å². The normalized spacial score (nSPS) is 28.7. The second-order valence-corrected chi connectivity index (χ2v) is 3.54. The number of nitrogens with one attached hydrogen (secondary N) is 1. The molecule has 1 fully saturated rings. The van der Waals surface area contributed by atoms with Crippen LogP contribution in [-0.2, 0) is 0 Å². The fraction of sp³-hybridized carbons (Fsp3) is 0.455. The Balaban J connectivity index is 2.08. The van der Waals surface area contributed by atoms with Gasteiger partial charge in [0.25, 0.3) is 0 Å². The number of benzene rings is 1. The summed E-state index contributed by atoms with van der Waals surface area (Å²) in [4.78, 5) is 0. The van der Waals surface area contributed by atoms with Gasteiger partial charge in [0.05, 0.1) is 0 Å². The molecule has 0 saturated carbocycles. The SMILES string of the molecule is FC1CCN[C@H](c2ccccc2)C1. The van der Waals surface area contributed by atoms with E-state index in [0.717, 1.165) is 6.54 Å². The van der Waals surface area contributed by atoms with E-state index in [4.69, 9.17) is 0 Å². The van der Waals surface area contributed by atoms with Gasteiger partial charge < -0.3 is 5.32 Å². The van der Waals surface area contributed by atoms with Crippen LogP contribution in [0.15, 0.2) is 30.3 Å². The molecule has 1 saturated heterocycles. The zero-order valence-electron chi connectivity index (χ0n) is 7.54. The van der Waals surface area contributed by atoms with Crippen molar-refractivity contribution in [1.82, 2.24) is 5.32 Å². The number of piperidine rings is 1. The van der Waals surface area contributed by atoms with E-state index in [2.05, 4.69) is 17.4 Å². The first kappa shape index (κ1) is 8.70. The van der Waals surface area contributed by atoms with E-state index in [-0.39, 0.29) is 6.04 Å². The van der Waals surface area contributed by atoms with Crippen molar-refractivity contribution in [1.29, 1.82) is 0 Å². The molecule has 2 rings (SSSR count). The van der Waals surface area contributed by atoms with Crippen molar-refractivity contribution in [2.75, 3.05) is 6.54 Å². The summed E-state index contributed by atoms with van der Waals surface area (Å²) >= 11 is 0. The topological polar surface area (TPSA) is 12.0 Å². The zero-order chi connectivity index (χ0) is 9.10. The van der Waals surface area contributed by atoms with Gasteiger partial charge in [-0.25, -0.2) is 4.39 Å². The molecule has 1 nitrogen and oxygen atoms in total. The van der Waals surface area contributed by atoms with Gasteiger partial charge in [0.2, 0.25) is 0 Å².